The fourth-order valence-electron chi connectivity index (χ4n) is 6.57. The Kier molecular flexibility index (Phi) is 6.63. The van der Waals surface area contributed by atoms with Crippen LogP contribution in [0.3, 0.4) is 0 Å². The first-order chi connectivity index (χ1) is 20.0. The number of aromatic nitrogens is 2. The molecule has 1 unspecified atom stereocenters. The van der Waals surface area contributed by atoms with Gasteiger partial charge in [-0.3, -0.25) is 9.69 Å². The highest BCUT2D eigenvalue weighted by Gasteiger charge is 2.44. The Hall–Kier alpha value is -4.30. The largest absolute Gasteiger partial charge is 0.452 e. The van der Waals surface area contributed by atoms with Gasteiger partial charge in [0.2, 0.25) is 5.91 Å². The molecule has 4 heterocycles. The van der Waals surface area contributed by atoms with E-state index >= 15 is 0 Å². The van der Waals surface area contributed by atoms with Gasteiger partial charge in [0.05, 0.1) is 12.6 Å². The summed E-state index contributed by atoms with van der Waals surface area (Å²) in [6.45, 7) is 4.74. The molecule has 1 amide bonds. The van der Waals surface area contributed by atoms with Crippen LogP contribution in [0.2, 0.25) is 0 Å². The monoisotopic (exact) mass is 549 g/mol. The van der Waals surface area contributed by atoms with Crippen molar-refractivity contribution in [3.8, 4) is 11.5 Å². The number of halogens is 1. The number of amides is 1. The van der Waals surface area contributed by atoms with Gasteiger partial charge >= 0.3 is 0 Å². The van der Waals surface area contributed by atoms with Gasteiger partial charge in [0.25, 0.3) is 0 Å². The number of anilines is 2. The van der Waals surface area contributed by atoms with Crippen molar-refractivity contribution in [1.29, 1.82) is 0 Å². The molecule has 7 nitrogen and oxygen atoms in total. The molecular formula is C33H32FN5O2. The molecule has 3 aliphatic rings. The van der Waals surface area contributed by atoms with Gasteiger partial charge in [-0.2, -0.15) is 0 Å². The van der Waals surface area contributed by atoms with Gasteiger partial charge in [-0.05, 0) is 60.3 Å². The summed E-state index contributed by atoms with van der Waals surface area (Å²) in [7, 11) is 0. The number of hydrogen-bond donors (Lipinski definition) is 1. The van der Waals surface area contributed by atoms with Gasteiger partial charge in [0.1, 0.15) is 17.9 Å². The van der Waals surface area contributed by atoms with Crippen LogP contribution in [0.4, 0.5) is 15.9 Å². The van der Waals surface area contributed by atoms with E-state index in [0.717, 1.165) is 73.8 Å². The number of nitrogens with zero attached hydrogens (tertiary/aromatic N) is 4. The van der Waals surface area contributed by atoms with Crippen LogP contribution in [-0.2, 0) is 24.2 Å². The first kappa shape index (κ1) is 25.7. The molecule has 208 valence electrons. The van der Waals surface area contributed by atoms with Crippen LogP contribution in [0.25, 0.3) is 0 Å². The third-order valence-corrected chi connectivity index (χ3v) is 8.60. The number of likely N-dealkylation sites (tertiary alicyclic amines) is 1. The van der Waals surface area contributed by atoms with Crippen LogP contribution in [0, 0.1) is 11.2 Å². The molecule has 4 aromatic rings. The van der Waals surface area contributed by atoms with Crippen LogP contribution in [0.15, 0.2) is 79.3 Å². The van der Waals surface area contributed by atoms with E-state index < -0.39 is 0 Å². The van der Waals surface area contributed by atoms with E-state index in [0.29, 0.717) is 24.3 Å². The third-order valence-electron chi connectivity index (χ3n) is 8.60. The fourth-order valence-corrected chi connectivity index (χ4v) is 6.57. The standard InChI is InChI=1S/C33H32FN5O2/c34-27-8-9-29(26(16-27)14-23-4-2-1-3-5-23)41-30-18-35-22-36-32(30)39-13-11-33(21-39)10-12-38(20-33)19-24-6-7-25-17-31(40)37-28(25)15-24/h1-9,15-16,18,22H,10-14,17,19-21H2,(H,37,40). The fraction of sp³-hybridized carbons (Fsp3) is 0.303. The van der Waals surface area contributed by atoms with Crippen LogP contribution in [0.5, 0.6) is 11.5 Å². The number of carbonyl (C=O) groups is 1. The number of fused-ring (bicyclic) bond motifs is 1. The van der Waals surface area contributed by atoms with Crippen molar-refractivity contribution in [3.05, 3.63) is 107 Å². The molecule has 1 spiro atoms. The summed E-state index contributed by atoms with van der Waals surface area (Å²) < 4.78 is 20.6. The highest BCUT2D eigenvalue weighted by atomic mass is 19.1. The first-order valence-corrected chi connectivity index (χ1v) is 14.2. The van der Waals surface area contributed by atoms with Crippen molar-refractivity contribution in [3.63, 3.8) is 0 Å². The molecule has 3 aliphatic heterocycles. The minimum Gasteiger partial charge on any atom is -0.452 e. The van der Waals surface area contributed by atoms with Gasteiger partial charge in [-0.1, -0.05) is 42.5 Å². The molecule has 3 aromatic carbocycles. The van der Waals surface area contributed by atoms with Crippen LogP contribution < -0.4 is 15.0 Å². The maximum Gasteiger partial charge on any atom is 0.228 e. The Labute approximate surface area is 239 Å². The maximum absolute atomic E-state index is 14.2. The topological polar surface area (TPSA) is 70.6 Å². The highest BCUT2D eigenvalue weighted by Crippen LogP contribution is 2.43. The van der Waals surface area contributed by atoms with Gasteiger partial charge in [-0.25, -0.2) is 14.4 Å². The normalized spacial score (nSPS) is 20.0. The molecule has 1 aromatic heterocycles. The van der Waals surface area contributed by atoms with Crippen molar-refractivity contribution >= 4 is 17.4 Å². The summed E-state index contributed by atoms with van der Waals surface area (Å²) in [5, 5.41) is 2.97. The SMILES string of the molecule is O=C1Cc2ccc(CN3CCC4(CCN(c5ncncc5Oc5ccc(F)cc5Cc5ccccc5)C4)C3)cc2N1. The molecular weight excluding hydrogens is 517 g/mol. The molecule has 0 radical (unpaired) electrons. The average molecular weight is 550 g/mol. The van der Waals surface area contributed by atoms with Crippen molar-refractivity contribution in [2.45, 2.75) is 32.2 Å². The number of carbonyl (C=O) groups excluding carboxylic acids is 1. The van der Waals surface area contributed by atoms with Gasteiger partial charge < -0.3 is 15.0 Å². The summed E-state index contributed by atoms with van der Waals surface area (Å²) in [6.07, 6.45) is 6.53. The lowest BCUT2D eigenvalue weighted by Crippen LogP contribution is -2.31. The lowest BCUT2D eigenvalue weighted by Gasteiger charge is -2.26. The predicted octanol–water partition coefficient (Wildman–Crippen LogP) is 5.60. The number of nitrogens with one attached hydrogen (secondary N) is 1. The molecule has 2 saturated heterocycles. The Morgan fingerprint density at radius 3 is 2.73 bits per heavy atom. The minimum absolute atomic E-state index is 0.0724. The molecule has 1 N–H and O–H groups in total. The molecule has 2 fully saturated rings. The lowest BCUT2D eigenvalue weighted by atomic mass is 9.86. The van der Waals surface area contributed by atoms with Gasteiger partial charge in [0, 0.05) is 49.3 Å². The van der Waals surface area contributed by atoms with Crippen molar-refractivity contribution in [1.82, 2.24) is 14.9 Å². The molecule has 7 rings (SSSR count). The highest BCUT2D eigenvalue weighted by molar-refractivity contribution is 5.99. The van der Waals surface area contributed by atoms with Gasteiger partial charge in [0.15, 0.2) is 11.6 Å². The van der Waals surface area contributed by atoms with Crippen LogP contribution in [-0.4, -0.2) is 47.0 Å². The molecule has 8 heteroatoms. The van der Waals surface area contributed by atoms with Gasteiger partial charge in [-0.15, -0.1) is 0 Å². The van der Waals surface area contributed by atoms with E-state index in [-0.39, 0.29) is 17.1 Å². The Morgan fingerprint density at radius 2 is 1.83 bits per heavy atom. The number of ether oxygens (including phenoxy) is 1. The molecule has 1 atom stereocenters. The van der Waals surface area contributed by atoms with E-state index in [1.54, 1.807) is 24.7 Å². The van der Waals surface area contributed by atoms with E-state index in [1.165, 1.54) is 11.6 Å². The molecule has 0 bridgehead atoms. The van der Waals surface area contributed by atoms with E-state index in [4.69, 9.17) is 4.74 Å². The second-order valence-electron chi connectivity index (χ2n) is 11.6. The first-order valence-electron chi connectivity index (χ1n) is 14.2. The predicted molar refractivity (Wildman–Crippen MR) is 156 cm³/mol. The minimum atomic E-state index is -0.287. The zero-order valence-corrected chi connectivity index (χ0v) is 22.9. The third kappa shape index (κ3) is 5.39. The van der Waals surface area contributed by atoms with Crippen molar-refractivity contribution < 1.29 is 13.9 Å². The molecule has 0 aliphatic carbocycles. The smallest absolute Gasteiger partial charge is 0.228 e. The van der Waals surface area contributed by atoms with Crippen molar-refractivity contribution in [2.75, 3.05) is 36.4 Å². The zero-order valence-electron chi connectivity index (χ0n) is 22.9. The second-order valence-corrected chi connectivity index (χ2v) is 11.6. The number of hydrogen-bond acceptors (Lipinski definition) is 6. The molecule has 0 saturated carbocycles. The summed E-state index contributed by atoms with van der Waals surface area (Å²) >= 11 is 0. The summed E-state index contributed by atoms with van der Waals surface area (Å²) in [6, 6.07) is 21.0. The Balaban J connectivity index is 1.05. The second kappa shape index (κ2) is 10.6. The van der Waals surface area contributed by atoms with E-state index in [9.17, 15) is 9.18 Å². The molecule has 41 heavy (non-hydrogen) atoms. The van der Waals surface area contributed by atoms with Crippen LogP contribution in [0.1, 0.15) is 35.1 Å². The number of rotatable bonds is 7. The Bertz CT molecular complexity index is 1600. The summed E-state index contributed by atoms with van der Waals surface area (Å²) in [5.41, 5.74) is 5.33. The maximum atomic E-state index is 14.2. The lowest BCUT2D eigenvalue weighted by molar-refractivity contribution is -0.115. The summed E-state index contributed by atoms with van der Waals surface area (Å²) in [4.78, 5) is 25.5. The number of benzene rings is 3. The van der Waals surface area contributed by atoms with Crippen LogP contribution >= 0.6 is 0 Å². The average Bonchev–Trinajstić information content (AvgIpc) is 3.68. The quantitative estimate of drug-likeness (QED) is 0.324. The summed E-state index contributed by atoms with van der Waals surface area (Å²) in [5.74, 6) is 1.76. The zero-order chi connectivity index (χ0) is 27.8. The van der Waals surface area contributed by atoms with E-state index in [1.807, 2.05) is 30.3 Å². The Morgan fingerprint density at radius 1 is 0.951 bits per heavy atom. The van der Waals surface area contributed by atoms with E-state index in [2.05, 4.69) is 43.3 Å². The van der Waals surface area contributed by atoms with Crippen molar-refractivity contribution in [2.24, 2.45) is 5.41 Å².